The van der Waals surface area contributed by atoms with Crippen LogP contribution in [0.1, 0.15) is 30.0 Å². The summed E-state index contributed by atoms with van der Waals surface area (Å²) in [6.45, 7) is 2.21. The third-order valence-electron chi connectivity index (χ3n) is 6.61. The number of rotatable bonds is 8. The number of carbonyl (C=O) groups is 1. The van der Waals surface area contributed by atoms with E-state index in [0.717, 1.165) is 36.9 Å². The average Bonchev–Trinajstić information content (AvgIpc) is 3.24. The Bertz CT molecular complexity index is 1110. The SMILES string of the molecule is CN(C(=O)COc1cccc2c1N(S(C)(=O)=O)CCC2)[C@H](CN1CCC(O)C1)c1ccccc1. The maximum Gasteiger partial charge on any atom is 0.260 e. The Labute approximate surface area is 201 Å². The van der Waals surface area contributed by atoms with Gasteiger partial charge in [0.05, 0.1) is 24.1 Å². The monoisotopic (exact) mass is 487 g/mol. The quantitative estimate of drug-likeness (QED) is 0.613. The van der Waals surface area contributed by atoms with E-state index in [9.17, 15) is 18.3 Å². The molecule has 2 aliphatic heterocycles. The van der Waals surface area contributed by atoms with Crippen LogP contribution in [-0.2, 0) is 21.2 Å². The van der Waals surface area contributed by atoms with E-state index < -0.39 is 10.0 Å². The van der Waals surface area contributed by atoms with E-state index in [0.29, 0.717) is 31.1 Å². The molecular formula is C25H33N3O5S. The van der Waals surface area contributed by atoms with Crippen LogP contribution in [0.25, 0.3) is 0 Å². The maximum atomic E-state index is 13.2. The molecule has 2 heterocycles. The van der Waals surface area contributed by atoms with Crippen LogP contribution in [0.5, 0.6) is 5.75 Å². The highest BCUT2D eigenvalue weighted by atomic mass is 32.2. The average molecular weight is 488 g/mol. The van der Waals surface area contributed by atoms with Crippen molar-refractivity contribution in [3.63, 3.8) is 0 Å². The highest BCUT2D eigenvalue weighted by Crippen LogP contribution is 2.37. The first kappa shape index (κ1) is 24.5. The zero-order valence-electron chi connectivity index (χ0n) is 19.8. The van der Waals surface area contributed by atoms with Crippen molar-refractivity contribution in [3.8, 4) is 5.75 Å². The first-order valence-electron chi connectivity index (χ1n) is 11.7. The number of aryl methyl sites for hydroxylation is 1. The number of anilines is 1. The van der Waals surface area contributed by atoms with Crippen LogP contribution in [0.4, 0.5) is 5.69 Å². The lowest BCUT2D eigenvalue weighted by Crippen LogP contribution is -2.41. The number of ether oxygens (including phenoxy) is 1. The molecule has 1 fully saturated rings. The van der Waals surface area contributed by atoms with Crippen molar-refractivity contribution >= 4 is 21.6 Å². The molecule has 0 radical (unpaired) electrons. The van der Waals surface area contributed by atoms with Crippen molar-refractivity contribution in [3.05, 3.63) is 59.7 Å². The Kier molecular flexibility index (Phi) is 7.45. The molecule has 0 spiro atoms. The molecule has 1 unspecified atom stereocenters. The van der Waals surface area contributed by atoms with Gasteiger partial charge in [-0.3, -0.25) is 14.0 Å². The fraction of sp³-hybridized carbons (Fsp3) is 0.480. The van der Waals surface area contributed by atoms with Crippen LogP contribution in [0.3, 0.4) is 0 Å². The van der Waals surface area contributed by atoms with Gasteiger partial charge in [-0.05, 0) is 36.5 Å². The van der Waals surface area contributed by atoms with Gasteiger partial charge in [-0.15, -0.1) is 0 Å². The minimum Gasteiger partial charge on any atom is -0.482 e. The Morgan fingerprint density at radius 3 is 2.62 bits per heavy atom. The summed E-state index contributed by atoms with van der Waals surface area (Å²) in [6.07, 6.45) is 3.11. The number of hydrogen-bond donors (Lipinski definition) is 1. The van der Waals surface area contributed by atoms with E-state index in [1.807, 2.05) is 42.5 Å². The fourth-order valence-corrected chi connectivity index (χ4v) is 5.79. The molecule has 184 valence electrons. The Hall–Kier alpha value is -2.62. The molecule has 4 rings (SSSR count). The highest BCUT2D eigenvalue weighted by Gasteiger charge is 2.30. The first-order chi connectivity index (χ1) is 16.2. The van der Waals surface area contributed by atoms with Crippen LogP contribution in [0.2, 0.25) is 0 Å². The minimum absolute atomic E-state index is 0.195. The molecule has 0 aromatic heterocycles. The predicted octanol–water partition coefficient (Wildman–Crippen LogP) is 2.04. The smallest absolute Gasteiger partial charge is 0.260 e. The summed E-state index contributed by atoms with van der Waals surface area (Å²) in [5, 5.41) is 9.93. The van der Waals surface area contributed by atoms with Crippen LogP contribution >= 0.6 is 0 Å². The molecule has 1 amide bonds. The van der Waals surface area contributed by atoms with Gasteiger partial charge in [0.25, 0.3) is 5.91 Å². The second-order valence-electron chi connectivity index (χ2n) is 9.12. The van der Waals surface area contributed by atoms with Gasteiger partial charge < -0.3 is 14.7 Å². The van der Waals surface area contributed by atoms with E-state index in [-0.39, 0.29) is 24.7 Å². The van der Waals surface area contributed by atoms with Crippen molar-refractivity contribution < 1.29 is 23.1 Å². The number of carbonyl (C=O) groups excluding carboxylic acids is 1. The van der Waals surface area contributed by atoms with Crippen molar-refractivity contribution in [2.45, 2.75) is 31.4 Å². The van der Waals surface area contributed by atoms with Crippen LogP contribution in [0, 0.1) is 0 Å². The zero-order valence-corrected chi connectivity index (χ0v) is 20.6. The van der Waals surface area contributed by atoms with E-state index in [1.165, 1.54) is 10.6 Å². The normalized spacial score (nSPS) is 19.5. The number of aliphatic hydroxyl groups is 1. The molecule has 2 aromatic rings. The van der Waals surface area contributed by atoms with Crippen LogP contribution in [-0.4, -0.2) is 81.4 Å². The summed E-state index contributed by atoms with van der Waals surface area (Å²) in [5.74, 6) is 0.205. The molecule has 0 aliphatic carbocycles. The van der Waals surface area contributed by atoms with E-state index in [2.05, 4.69) is 4.90 Å². The summed E-state index contributed by atoms with van der Waals surface area (Å²) in [5.41, 5.74) is 2.46. The number of aliphatic hydroxyl groups excluding tert-OH is 1. The van der Waals surface area contributed by atoms with E-state index >= 15 is 0 Å². The zero-order chi connectivity index (χ0) is 24.3. The van der Waals surface area contributed by atoms with Crippen molar-refractivity contribution in [2.75, 3.05) is 50.4 Å². The Morgan fingerprint density at radius 1 is 1.18 bits per heavy atom. The molecular weight excluding hydrogens is 454 g/mol. The standard InChI is InChI=1S/C25H33N3O5S/c1-26(22(19-8-4-3-5-9-19)17-27-15-13-21(29)16-27)24(30)18-33-23-12-6-10-20-11-7-14-28(25(20)23)34(2,31)32/h3-6,8-10,12,21-22,29H,7,11,13-18H2,1-2H3/t21?,22-/m1/s1. The van der Waals surface area contributed by atoms with Gasteiger partial charge in [0.2, 0.25) is 10.0 Å². The minimum atomic E-state index is -3.45. The van der Waals surface area contributed by atoms with Gasteiger partial charge in [-0.1, -0.05) is 42.5 Å². The van der Waals surface area contributed by atoms with Gasteiger partial charge in [-0.2, -0.15) is 0 Å². The highest BCUT2D eigenvalue weighted by molar-refractivity contribution is 7.92. The fourth-order valence-electron chi connectivity index (χ4n) is 4.79. The maximum absolute atomic E-state index is 13.2. The number of fused-ring (bicyclic) bond motifs is 1. The number of sulfonamides is 1. The Morgan fingerprint density at radius 2 is 1.94 bits per heavy atom. The molecule has 1 N–H and O–H groups in total. The van der Waals surface area contributed by atoms with E-state index in [1.54, 1.807) is 18.0 Å². The lowest BCUT2D eigenvalue weighted by molar-refractivity contribution is -0.134. The summed E-state index contributed by atoms with van der Waals surface area (Å²) < 4.78 is 32.0. The molecule has 34 heavy (non-hydrogen) atoms. The van der Waals surface area contributed by atoms with Crippen molar-refractivity contribution in [2.24, 2.45) is 0 Å². The number of hydrogen-bond acceptors (Lipinski definition) is 6. The second-order valence-corrected chi connectivity index (χ2v) is 11.0. The molecule has 2 atom stereocenters. The second kappa shape index (κ2) is 10.3. The molecule has 8 nitrogen and oxygen atoms in total. The Balaban J connectivity index is 1.51. The lowest BCUT2D eigenvalue weighted by atomic mass is 10.0. The molecule has 0 saturated carbocycles. The van der Waals surface area contributed by atoms with Crippen LogP contribution in [0.15, 0.2) is 48.5 Å². The number of para-hydroxylation sites is 1. The largest absolute Gasteiger partial charge is 0.482 e. The van der Waals surface area contributed by atoms with Crippen LogP contribution < -0.4 is 9.04 Å². The summed E-state index contributed by atoms with van der Waals surface area (Å²) >= 11 is 0. The van der Waals surface area contributed by atoms with Gasteiger partial charge >= 0.3 is 0 Å². The van der Waals surface area contributed by atoms with Crippen molar-refractivity contribution in [1.29, 1.82) is 0 Å². The number of benzene rings is 2. The molecule has 9 heteroatoms. The van der Waals surface area contributed by atoms with Gasteiger partial charge in [0, 0.05) is 33.2 Å². The number of β-amino-alcohol motifs (C(OH)–C–C–N with tert-alkyl or cyclic N) is 1. The molecule has 1 saturated heterocycles. The van der Waals surface area contributed by atoms with Crippen molar-refractivity contribution in [1.82, 2.24) is 9.80 Å². The number of amides is 1. The first-order valence-corrected chi connectivity index (χ1v) is 13.5. The molecule has 2 aliphatic rings. The number of likely N-dealkylation sites (N-methyl/N-ethyl adjacent to an activating group) is 1. The van der Waals surface area contributed by atoms with Gasteiger partial charge in [0.15, 0.2) is 6.61 Å². The predicted molar refractivity (Wildman–Crippen MR) is 131 cm³/mol. The summed E-state index contributed by atoms with van der Waals surface area (Å²) in [7, 11) is -1.69. The summed E-state index contributed by atoms with van der Waals surface area (Å²) in [4.78, 5) is 17.1. The number of nitrogens with zero attached hydrogens (tertiary/aromatic N) is 3. The van der Waals surface area contributed by atoms with E-state index in [4.69, 9.17) is 4.74 Å². The molecule has 2 aromatic carbocycles. The van der Waals surface area contributed by atoms with Gasteiger partial charge in [-0.25, -0.2) is 8.42 Å². The number of likely N-dealkylation sites (tertiary alicyclic amines) is 1. The lowest BCUT2D eigenvalue weighted by Gasteiger charge is -2.33. The topological polar surface area (TPSA) is 90.4 Å². The third kappa shape index (κ3) is 5.54. The van der Waals surface area contributed by atoms with Gasteiger partial charge in [0.1, 0.15) is 5.75 Å². The summed E-state index contributed by atoms with van der Waals surface area (Å²) in [6, 6.07) is 15.1. The molecule has 0 bridgehead atoms. The third-order valence-corrected chi connectivity index (χ3v) is 7.78.